The molecule has 0 radical (unpaired) electrons. The molecular formula is C8H14N2O2. The lowest BCUT2D eigenvalue weighted by Gasteiger charge is -2.29. The number of hydrogen-bond donors (Lipinski definition) is 1. The normalized spacial score (nSPS) is 19.2. The topological polar surface area (TPSA) is 63.4 Å². The fourth-order valence-corrected chi connectivity index (χ4v) is 1.51. The van der Waals surface area contributed by atoms with Crippen LogP contribution >= 0.6 is 0 Å². The molecule has 1 fully saturated rings. The Morgan fingerprint density at radius 1 is 1.33 bits per heavy atom. The Labute approximate surface area is 71.7 Å². The Morgan fingerprint density at radius 3 is 2.17 bits per heavy atom. The SMILES string of the molecule is CC(=O)C1CCN(C(N)=O)CC1. The minimum absolute atomic E-state index is 0.139. The van der Waals surface area contributed by atoms with Gasteiger partial charge in [-0.1, -0.05) is 0 Å². The molecule has 0 unspecified atom stereocenters. The van der Waals surface area contributed by atoms with Crippen LogP contribution in [0.4, 0.5) is 4.79 Å². The molecule has 0 atom stereocenters. The van der Waals surface area contributed by atoms with Gasteiger partial charge in [-0.05, 0) is 19.8 Å². The summed E-state index contributed by atoms with van der Waals surface area (Å²) >= 11 is 0. The van der Waals surface area contributed by atoms with Crippen molar-refractivity contribution in [2.45, 2.75) is 19.8 Å². The number of Topliss-reactive ketones (excluding diaryl/α,β-unsaturated/α-hetero) is 1. The number of primary amides is 1. The van der Waals surface area contributed by atoms with Gasteiger partial charge >= 0.3 is 6.03 Å². The first-order chi connectivity index (χ1) is 5.61. The van der Waals surface area contributed by atoms with E-state index in [0.717, 1.165) is 12.8 Å². The van der Waals surface area contributed by atoms with Crippen LogP contribution in [0.3, 0.4) is 0 Å². The molecule has 2 N–H and O–H groups in total. The first-order valence-corrected chi connectivity index (χ1v) is 4.16. The second-order valence-electron chi connectivity index (χ2n) is 3.21. The minimum atomic E-state index is -0.378. The Morgan fingerprint density at radius 2 is 1.83 bits per heavy atom. The molecule has 1 heterocycles. The van der Waals surface area contributed by atoms with E-state index in [0.29, 0.717) is 13.1 Å². The van der Waals surface area contributed by atoms with Gasteiger partial charge < -0.3 is 10.6 Å². The molecule has 1 aliphatic heterocycles. The average molecular weight is 170 g/mol. The number of hydrogen-bond acceptors (Lipinski definition) is 2. The van der Waals surface area contributed by atoms with Gasteiger partial charge in [-0.15, -0.1) is 0 Å². The summed E-state index contributed by atoms with van der Waals surface area (Å²) in [5.41, 5.74) is 5.09. The fraction of sp³-hybridized carbons (Fsp3) is 0.750. The molecule has 1 aliphatic rings. The monoisotopic (exact) mass is 170 g/mol. The fourth-order valence-electron chi connectivity index (χ4n) is 1.51. The zero-order valence-corrected chi connectivity index (χ0v) is 7.25. The molecule has 1 saturated heterocycles. The highest BCUT2D eigenvalue weighted by Gasteiger charge is 2.23. The van der Waals surface area contributed by atoms with E-state index >= 15 is 0 Å². The van der Waals surface area contributed by atoms with Crippen LogP contribution in [0.1, 0.15) is 19.8 Å². The number of urea groups is 1. The van der Waals surface area contributed by atoms with E-state index in [1.165, 1.54) is 0 Å². The third kappa shape index (κ3) is 1.96. The molecule has 0 aromatic heterocycles. The highest BCUT2D eigenvalue weighted by molar-refractivity contribution is 5.79. The van der Waals surface area contributed by atoms with Gasteiger partial charge in [0.15, 0.2) is 0 Å². The average Bonchev–Trinajstić information content (AvgIpc) is 2.04. The maximum Gasteiger partial charge on any atom is 0.314 e. The predicted molar refractivity (Wildman–Crippen MR) is 44.6 cm³/mol. The third-order valence-electron chi connectivity index (χ3n) is 2.38. The number of rotatable bonds is 1. The van der Waals surface area contributed by atoms with Crippen LogP contribution in [0.2, 0.25) is 0 Å². The van der Waals surface area contributed by atoms with E-state index in [1.54, 1.807) is 11.8 Å². The molecule has 0 aromatic carbocycles. The van der Waals surface area contributed by atoms with Crippen molar-refractivity contribution in [3.05, 3.63) is 0 Å². The highest BCUT2D eigenvalue weighted by atomic mass is 16.2. The molecule has 68 valence electrons. The van der Waals surface area contributed by atoms with Crippen LogP contribution in [0.15, 0.2) is 0 Å². The molecule has 4 nitrogen and oxygen atoms in total. The van der Waals surface area contributed by atoms with Crippen molar-refractivity contribution >= 4 is 11.8 Å². The first-order valence-electron chi connectivity index (χ1n) is 4.16. The smallest absolute Gasteiger partial charge is 0.314 e. The van der Waals surface area contributed by atoms with Crippen molar-refractivity contribution in [2.24, 2.45) is 11.7 Å². The second-order valence-corrected chi connectivity index (χ2v) is 3.21. The van der Waals surface area contributed by atoms with Crippen LogP contribution in [0.5, 0.6) is 0 Å². The number of nitrogens with two attached hydrogens (primary N) is 1. The molecule has 0 bridgehead atoms. The van der Waals surface area contributed by atoms with Gasteiger partial charge in [-0.3, -0.25) is 4.79 Å². The number of amides is 2. The van der Waals surface area contributed by atoms with Gasteiger partial charge in [0.2, 0.25) is 0 Å². The predicted octanol–water partition coefficient (Wildman–Crippen LogP) is 0.366. The van der Waals surface area contributed by atoms with E-state index in [9.17, 15) is 9.59 Å². The lowest BCUT2D eigenvalue weighted by Crippen LogP contribution is -2.42. The largest absolute Gasteiger partial charge is 0.351 e. The zero-order chi connectivity index (χ0) is 9.14. The summed E-state index contributed by atoms with van der Waals surface area (Å²) in [5, 5.41) is 0. The maximum absolute atomic E-state index is 10.9. The van der Waals surface area contributed by atoms with Crippen molar-refractivity contribution in [1.29, 1.82) is 0 Å². The van der Waals surface area contributed by atoms with Gasteiger partial charge in [0.05, 0.1) is 0 Å². The van der Waals surface area contributed by atoms with Gasteiger partial charge in [-0.2, -0.15) is 0 Å². The summed E-state index contributed by atoms with van der Waals surface area (Å²) in [5.74, 6) is 0.361. The number of ketones is 1. The lowest BCUT2D eigenvalue weighted by molar-refractivity contribution is -0.121. The number of likely N-dealkylation sites (tertiary alicyclic amines) is 1. The lowest BCUT2D eigenvalue weighted by atomic mass is 9.94. The number of piperidine rings is 1. The van der Waals surface area contributed by atoms with Gasteiger partial charge in [0.25, 0.3) is 0 Å². The van der Waals surface area contributed by atoms with Gasteiger partial charge in [-0.25, -0.2) is 4.79 Å². The Bertz CT molecular complexity index is 173. The zero-order valence-electron chi connectivity index (χ0n) is 7.25. The van der Waals surface area contributed by atoms with Gasteiger partial charge in [0.1, 0.15) is 5.78 Å². The molecule has 0 spiro atoms. The van der Waals surface area contributed by atoms with Crippen molar-refractivity contribution in [3.63, 3.8) is 0 Å². The molecule has 0 saturated carbocycles. The molecular weight excluding hydrogens is 156 g/mol. The van der Waals surface area contributed by atoms with Crippen LogP contribution in [-0.2, 0) is 4.79 Å². The van der Waals surface area contributed by atoms with E-state index in [4.69, 9.17) is 5.73 Å². The molecule has 0 aromatic rings. The number of carbonyl (C=O) groups excluding carboxylic acids is 2. The Kier molecular flexibility index (Phi) is 2.68. The Hall–Kier alpha value is -1.06. The summed E-state index contributed by atoms with van der Waals surface area (Å²) in [6.45, 7) is 2.85. The molecule has 4 heteroatoms. The quantitative estimate of drug-likeness (QED) is 0.617. The van der Waals surface area contributed by atoms with Crippen LogP contribution in [0.25, 0.3) is 0 Å². The van der Waals surface area contributed by atoms with Crippen molar-refractivity contribution in [3.8, 4) is 0 Å². The van der Waals surface area contributed by atoms with Crippen LogP contribution in [-0.4, -0.2) is 29.8 Å². The molecule has 12 heavy (non-hydrogen) atoms. The van der Waals surface area contributed by atoms with Crippen LogP contribution < -0.4 is 5.73 Å². The summed E-state index contributed by atoms with van der Waals surface area (Å²) in [6, 6.07) is -0.378. The summed E-state index contributed by atoms with van der Waals surface area (Å²) in [6.07, 6.45) is 1.52. The highest BCUT2D eigenvalue weighted by Crippen LogP contribution is 2.17. The molecule has 1 rings (SSSR count). The number of carbonyl (C=O) groups is 2. The summed E-state index contributed by atoms with van der Waals surface area (Å²) < 4.78 is 0. The van der Waals surface area contributed by atoms with Crippen molar-refractivity contribution in [1.82, 2.24) is 4.90 Å². The third-order valence-corrected chi connectivity index (χ3v) is 2.38. The van der Waals surface area contributed by atoms with Crippen molar-refractivity contribution < 1.29 is 9.59 Å². The van der Waals surface area contributed by atoms with E-state index in [1.807, 2.05) is 0 Å². The summed E-state index contributed by atoms with van der Waals surface area (Å²) in [7, 11) is 0. The van der Waals surface area contributed by atoms with E-state index < -0.39 is 0 Å². The number of nitrogens with zero attached hydrogens (tertiary/aromatic N) is 1. The van der Waals surface area contributed by atoms with Crippen LogP contribution in [0, 0.1) is 5.92 Å². The van der Waals surface area contributed by atoms with Gasteiger partial charge in [0, 0.05) is 19.0 Å². The first kappa shape index (κ1) is 9.03. The van der Waals surface area contributed by atoms with Crippen molar-refractivity contribution in [2.75, 3.05) is 13.1 Å². The standard InChI is InChI=1S/C8H14N2O2/c1-6(11)7-2-4-10(5-3-7)8(9)12/h7H,2-5H2,1H3,(H2,9,12). The second kappa shape index (κ2) is 3.56. The molecule has 0 aliphatic carbocycles. The van der Waals surface area contributed by atoms with E-state index in [-0.39, 0.29) is 17.7 Å². The minimum Gasteiger partial charge on any atom is -0.351 e. The summed E-state index contributed by atoms with van der Waals surface area (Å²) in [4.78, 5) is 23.2. The van der Waals surface area contributed by atoms with E-state index in [2.05, 4.69) is 0 Å². The molecule has 2 amide bonds. The Balaban J connectivity index is 2.39. The maximum atomic E-state index is 10.9.